The molecule has 1 unspecified atom stereocenters. The highest BCUT2D eigenvalue weighted by atomic mass is 35.5. The fourth-order valence-corrected chi connectivity index (χ4v) is 6.88. The molecular formula is C28H33ClF3N7O3S. The molecule has 0 radical (unpaired) electrons. The van der Waals surface area contributed by atoms with E-state index >= 15 is 0 Å². The number of halogens is 4. The van der Waals surface area contributed by atoms with Crippen molar-refractivity contribution in [3.63, 3.8) is 0 Å². The number of anilines is 3. The van der Waals surface area contributed by atoms with Crippen molar-refractivity contribution in [1.29, 1.82) is 0 Å². The van der Waals surface area contributed by atoms with Crippen molar-refractivity contribution in [1.82, 2.24) is 19.5 Å². The minimum Gasteiger partial charge on any atom is -0.356 e. The van der Waals surface area contributed by atoms with Gasteiger partial charge < -0.3 is 14.7 Å². The van der Waals surface area contributed by atoms with Gasteiger partial charge in [0.15, 0.2) is 5.65 Å². The Morgan fingerprint density at radius 1 is 1.00 bits per heavy atom. The predicted octanol–water partition coefficient (Wildman–Crippen LogP) is 5.11. The Hall–Kier alpha value is -3.26. The van der Waals surface area contributed by atoms with Gasteiger partial charge in [0.1, 0.15) is 11.6 Å². The van der Waals surface area contributed by atoms with E-state index < -0.39 is 34.1 Å². The summed E-state index contributed by atoms with van der Waals surface area (Å²) in [5.74, 6) is -0.573. The average molecular weight is 640 g/mol. The number of nitrogens with zero attached hydrogens (tertiary/aromatic N) is 6. The molecule has 0 bridgehead atoms. The quantitative estimate of drug-likeness (QED) is 0.400. The zero-order valence-corrected chi connectivity index (χ0v) is 25.2. The first-order valence-corrected chi connectivity index (χ1v) is 16.7. The van der Waals surface area contributed by atoms with E-state index in [1.165, 1.54) is 18.2 Å². The number of hydrogen-bond donors (Lipinski definition) is 1. The SMILES string of the molecule is CS(=O)(=O)Nc1ccc(Cl)cc1C(=O)N1CCCC[C@H]1c1cc2nc(N3CCC3)cc(N3CCCC(C(F)(F)F)C3)n2n1. The zero-order chi connectivity index (χ0) is 30.5. The van der Waals surface area contributed by atoms with Gasteiger partial charge in [0.05, 0.1) is 35.2 Å². The Kier molecular flexibility index (Phi) is 7.86. The van der Waals surface area contributed by atoms with Crippen molar-refractivity contribution < 1.29 is 26.4 Å². The van der Waals surface area contributed by atoms with Gasteiger partial charge in [-0.3, -0.25) is 9.52 Å². The second-order valence-corrected chi connectivity index (χ2v) is 13.7. The molecule has 3 fully saturated rings. The van der Waals surface area contributed by atoms with Crippen LogP contribution in [0.25, 0.3) is 5.65 Å². The Labute approximate surface area is 252 Å². The smallest absolute Gasteiger partial charge is 0.356 e. The van der Waals surface area contributed by atoms with E-state index in [4.69, 9.17) is 21.7 Å². The van der Waals surface area contributed by atoms with Crippen molar-refractivity contribution in [3.05, 3.63) is 46.6 Å². The third kappa shape index (κ3) is 6.21. The highest BCUT2D eigenvalue weighted by molar-refractivity contribution is 7.92. The lowest BCUT2D eigenvalue weighted by molar-refractivity contribution is -0.176. The van der Waals surface area contributed by atoms with Crippen molar-refractivity contribution in [3.8, 4) is 0 Å². The van der Waals surface area contributed by atoms with Gasteiger partial charge in [-0.05, 0) is 56.7 Å². The number of alkyl halides is 3. The van der Waals surface area contributed by atoms with Crippen molar-refractivity contribution in [2.24, 2.45) is 5.92 Å². The van der Waals surface area contributed by atoms with E-state index in [1.54, 1.807) is 14.3 Å². The molecule has 6 rings (SSSR count). The summed E-state index contributed by atoms with van der Waals surface area (Å²) in [5.41, 5.74) is 1.33. The number of fused-ring (bicyclic) bond motifs is 1. The van der Waals surface area contributed by atoms with E-state index in [1.807, 2.05) is 12.1 Å². The molecule has 1 aromatic carbocycles. The molecular weight excluding hydrogens is 607 g/mol. The van der Waals surface area contributed by atoms with E-state index in [0.29, 0.717) is 48.9 Å². The molecule has 3 aliphatic rings. The first-order valence-electron chi connectivity index (χ1n) is 14.4. The Morgan fingerprint density at radius 3 is 2.47 bits per heavy atom. The standard InChI is InChI=1S/C28H33ClF3N7O3S/c1-43(41,42)35-21-9-8-19(29)14-20(21)27(40)38-13-3-2-7-23(38)22-15-25-33-24(36-11-5-12-36)16-26(39(25)34-22)37-10-4-6-18(17-37)28(30,31)32/h8-9,14-16,18,23,35H,2-7,10-13,17H2,1H3/t18?,23-/m0/s1. The van der Waals surface area contributed by atoms with Gasteiger partial charge in [-0.1, -0.05) is 11.6 Å². The molecule has 43 heavy (non-hydrogen) atoms. The Bertz CT molecular complexity index is 1640. The van der Waals surface area contributed by atoms with E-state index in [-0.39, 0.29) is 29.2 Å². The van der Waals surface area contributed by atoms with Gasteiger partial charge in [-0.15, -0.1) is 0 Å². The van der Waals surface area contributed by atoms with Crippen LogP contribution in [0.5, 0.6) is 0 Å². The predicted molar refractivity (Wildman–Crippen MR) is 158 cm³/mol. The summed E-state index contributed by atoms with van der Waals surface area (Å²) in [6, 6.07) is 7.59. The fraction of sp³-hybridized carbons (Fsp3) is 0.536. The lowest BCUT2D eigenvalue weighted by Gasteiger charge is -2.37. The summed E-state index contributed by atoms with van der Waals surface area (Å²) < 4.78 is 69.1. The molecule has 1 amide bonds. The highest BCUT2D eigenvalue weighted by Gasteiger charge is 2.42. The molecule has 0 saturated carbocycles. The van der Waals surface area contributed by atoms with E-state index in [9.17, 15) is 26.4 Å². The minimum atomic E-state index is -4.28. The van der Waals surface area contributed by atoms with Crippen LogP contribution >= 0.6 is 11.6 Å². The second-order valence-electron chi connectivity index (χ2n) is 11.6. The molecule has 2 atom stereocenters. The largest absolute Gasteiger partial charge is 0.393 e. The number of hydrogen-bond acceptors (Lipinski definition) is 7. The summed E-state index contributed by atoms with van der Waals surface area (Å²) in [5, 5.41) is 5.14. The number of nitrogens with one attached hydrogen (secondary N) is 1. The molecule has 5 heterocycles. The number of carbonyl (C=O) groups excluding carboxylic acids is 1. The molecule has 3 saturated heterocycles. The molecule has 15 heteroatoms. The van der Waals surface area contributed by atoms with Gasteiger partial charge in [0, 0.05) is 49.9 Å². The first kappa shape index (κ1) is 29.8. The topological polar surface area (TPSA) is 103 Å². The molecule has 2 aromatic heterocycles. The maximum atomic E-state index is 14.0. The van der Waals surface area contributed by atoms with Crippen LogP contribution in [-0.2, 0) is 10.0 Å². The summed E-state index contributed by atoms with van der Waals surface area (Å²) in [6.07, 6.45) is 0.449. The lowest BCUT2D eigenvalue weighted by Crippen LogP contribution is -2.43. The van der Waals surface area contributed by atoms with Gasteiger partial charge in [0.25, 0.3) is 5.91 Å². The average Bonchev–Trinajstić information content (AvgIpc) is 3.35. The Morgan fingerprint density at radius 2 is 1.77 bits per heavy atom. The van der Waals surface area contributed by atoms with Gasteiger partial charge in [-0.2, -0.15) is 22.8 Å². The summed E-state index contributed by atoms with van der Waals surface area (Å²) >= 11 is 6.21. The molecule has 0 aliphatic carbocycles. The van der Waals surface area contributed by atoms with Crippen LogP contribution in [0, 0.1) is 5.92 Å². The Balaban J connectivity index is 1.38. The monoisotopic (exact) mass is 639 g/mol. The van der Waals surface area contributed by atoms with Crippen LogP contribution in [0.15, 0.2) is 30.3 Å². The van der Waals surface area contributed by atoms with Crippen LogP contribution in [0.3, 0.4) is 0 Å². The van der Waals surface area contributed by atoms with E-state index in [0.717, 1.165) is 38.6 Å². The number of sulfonamides is 1. The van der Waals surface area contributed by atoms with Crippen molar-refractivity contribution >= 4 is 50.5 Å². The lowest BCUT2D eigenvalue weighted by atomic mass is 9.97. The molecule has 10 nitrogen and oxygen atoms in total. The number of carbonyl (C=O) groups is 1. The second kappa shape index (κ2) is 11.3. The van der Waals surface area contributed by atoms with Crippen molar-refractivity contribution in [2.75, 3.05) is 53.5 Å². The molecule has 232 valence electrons. The van der Waals surface area contributed by atoms with Crippen LogP contribution in [0.1, 0.15) is 60.6 Å². The van der Waals surface area contributed by atoms with Crippen LogP contribution in [-0.4, -0.2) is 79.0 Å². The molecule has 3 aliphatic heterocycles. The number of piperidine rings is 2. The first-order chi connectivity index (χ1) is 20.4. The van der Waals surface area contributed by atoms with Gasteiger partial charge >= 0.3 is 6.18 Å². The van der Waals surface area contributed by atoms with Crippen LogP contribution in [0.4, 0.5) is 30.5 Å². The number of rotatable bonds is 6. The van der Waals surface area contributed by atoms with Crippen molar-refractivity contribution in [2.45, 2.75) is 50.7 Å². The zero-order valence-electron chi connectivity index (χ0n) is 23.6. The van der Waals surface area contributed by atoms with Gasteiger partial charge in [0.2, 0.25) is 10.0 Å². The van der Waals surface area contributed by atoms with Gasteiger partial charge in [-0.25, -0.2) is 13.4 Å². The summed E-state index contributed by atoms with van der Waals surface area (Å²) in [6.45, 7) is 2.38. The number of aromatic nitrogens is 3. The number of amides is 1. The maximum absolute atomic E-state index is 14.0. The van der Waals surface area contributed by atoms with E-state index in [2.05, 4.69) is 9.62 Å². The fourth-order valence-electron chi connectivity index (χ4n) is 6.13. The maximum Gasteiger partial charge on any atom is 0.393 e. The third-order valence-electron chi connectivity index (χ3n) is 8.41. The normalized spacial score (nSPS) is 21.7. The molecule has 3 aromatic rings. The minimum absolute atomic E-state index is 0.0936. The molecule has 0 spiro atoms. The third-order valence-corrected chi connectivity index (χ3v) is 9.24. The van der Waals surface area contributed by atoms with Crippen LogP contribution in [0.2, 0.25) is 5.02 Å². The molecule has 1 N–H and O–H groups in total. The summed E-state index contributed by atoms with van der Waals surface area (Å²) in [4.78, 5) is 24.3. The highest BCUT2D eigenvalue weighted by Crippen LogP contribution is 2.38. The number of likely N-dealkylation sites (tertiary alicyclic amines) is 1. The summed E-state index contributed by atoms with van der Waals surface area (Å²) in [7, 11) is -3.66. The van der Waals surface area contributed by atoms with Crippen LogP contribution < -0.4 is 14.5 Å². The number of benzene rings is 1.